The maximum absolute atomic E-state index is 13.6. The first-order valence-corrected chi connectivity index (χ1v) is 8.32. The second-order valence-corrected chi connectivity index (χ2v) is 7.52. The van der Waals surface area contributed by atoms with Gasteiger partial charge in [0.05, 0.1) is 5.25 Å². The van der Waals surface area contributed by atoms with Crippen molar-refractivity contribution in [2.75, 3.05) is 6.26 Å². The fourth-order valence-corrected chi connectivity index (χ4v) is 3.89. The molecule has 3 atom stereocenters. The number of halogens is 1. The Morgan fingerprint density at radius 1 is 1.47 bits per heavy atom. The molecule has 1 saturated carbocycles. The van der Waals surface area contributed by atoms with Gasteiger partial charge < -0.3 is 5.11 Å². The average Bonchev–Trinajstić information content (AvgIpc) is 2.38. The molecule has 1 aliphatic carbocycles. The molecule has 0 amide bonds. The van der Waals surface area contributed by atoms with E-state index in [-0.39, 0.29) is 11.6 Å². The van der Waals surface area contributed by atoms with Crippen LogP contribution in [0.25, 0.3) is 0 Å². The first-order valence-electron chi connectivity index (χ1n) is 6.37. The Bertz CT molecular complexity index is 547. The van der Waals surface area contributed by atoms with Gasteiger partial charge in [0.25, 0.3) is 0 Å². The van der Waals surface area contributed by atoms with Crippen LogP contribution in [0.1, 0.15) is 37.5 Å². The Morgan fingerprint density at radius 3 is 2.84 bits per heavy atom. The fourth-order valence-electron chi connectivity index (χ4n) is 2.70. The summed E-state index contributed by atoms with van der Waals surface area (Å²) in [5.74, 6) is -0.797. The van der Waals surface area contributed by atoms with Gasteiger partial charge in [-0.25, -0.2) is 12.8 Å². The monoisotopic (exact) mass is 287 g/mol. The van der Waals surface area contributed by atoms with Crippen LogP contribution in [-0.4, -0.2) is 30.0 Å². The molecule has 106 valence electrons. The summed E-state index contributed by atoms with van der Waals surface area (Å²) in [4.78, 5) is 3.87. The zero-order valence-corrected chi connectivity index (χ0v) is 11.6. The summed E-state index contributed by atoms with van der Waals surface area (Å²) in [5.41, 5.74) is 0.0154. The molecule has 1 heterocycles. The second kappa shape index (κ2) is 5.54. The standard InChI is InChI=1S/C13H18FNO3S/c1-19(17,18)10-5-2-4-9(8-10)13(16)12-11(14)6-3-7-15-12/h3,6-7,9-10,13,16H,2,4-5,8H2,1H3. The number of aliphatic hydroxyl groups is 1. The maximum atomic E-state index is 13.6. The smallest absolute Gasteiger partial charge is 0.150 e. The number of pyridine rings is 1. The SMILES string of the molecule is CS(=O)(=O)C1CCCC(C(O)c2ncccc2F)C1. The third-order valence-electron chi connectivity index (χ3n) is 3.79. The first-order chi connectivity index (χ1) is 8.89. The summed E-state index contributed by atoms with van der Waals surface area (Å²) in [6, 6.07) is 2.72. The van der Waals surface area contributed by atoms with Gasteiger partial charge in [-0.3, -0.25) is 4.98 Å². The molecule has 19 heavy (non-hydrogen) atoms. The van der Waals surface area contributed by atoms with Crippen LogP contribution in [0.2, 0.25) is 0 Å². The molecule has 1 N–H and O–H groups in total. The minimum absolute atomic E-state index is 0.0154. The van der Waals surface area contributed by atoms with Crippen molar-refractivity contribution in [3.8, 4) is 0 Å². The molecule has 0 saturated heterocycles. The summed E-state index contributed by atoms with van der Waals surface area (Å²) in [6.45, 7) is 0. The summed E-state index contributed by atoms with van der Waals surface area (Å²) >= 11 is 0. The molecular formula is C13H18FNO3S. The molecular weight excluding hydrogens is 269 g/mol. The van der Waals surface area contributed by atoms with E-state index in [1.165, 1.54) is 24.6 Å². The number of aromatic nitrogens is 1. The molecule has 4 nitrogen and oxygen atoms in total. The maximum Gasteiger partial charge on any atom is 0.150 e. The van der Waals surface area contributed by atoms with E-state index in [2.05, 4.69) is 4.98 Å². The van der Waals surface area contributed by atoms with Crippen LogP contribution in [0, 0.1) is 11.7 Å². The van der Waals surface area contributed by atoms with Crippen molar-refractivity contribution in [1.82, 2.24) is 4.98 Å². The molecule has 0 bridgehead atoms. The number of hydrogen-bond acceptors (Lipinski definition) is 4. The molecule has 1 aromatic rings. The highest BCUT2D eigenvalue weighted by atomic mass is 32.2. The predicted molar refractivity (Wildman–Crippen MR) is 69.7 cm³/mol. The highest BCUT2D eigenvalue weighted by molar-refractivity contribution is 7.91. The lowest BCUT2D eigenvalue weighted by Gasteiger charge is -2.31. The van der Waals surface area contributed by atoms with E-state index in [1.54, 1.807) is 0 Å². The number of rotatable bonds is 3. The number of hydrogen-bond donors (Lipinski definition) is 1. The molecule has 3 unspecified atom stereocenters. The van der Waals surface area contributed by atoms with Crippen LogP contribution in [0.4, 0.5) is 4.39 Å². The molecule has 0 aliphatic heterocycles. The van der Waals surface area contributed by atoms with Gasteiger partial charge in [0.15, 0.2) is 0 Å². The summed E-state index contributed by atoms with van der Waals surface area (Å²) in [7, 11) is -3.11. The number of sulfone groups is 1. The number of nitrogens with zero attached hydrogens (tertiary/aromatic N) is 1. The van der Waals surface area contributed by atoms with Gasteiger partial charge in [0, 0.05) is 12.5 Å². The summed E-state index contributed by atoms with van der Waals surface area (Å²) in [5, 5.41) is 9.77. The van der Waals surface area contributed by atoms with Gasteiger partial charge in [-0.15, -0.1) is 0 Å². The molecule has 6 heteroatoms. The van der Waals surface area contributed by atoms with Crippen molar-refractivity contribution in [3.63, 3.8) is 0 Å². The fraction of sp³-hybridized carbons (Fsp3) is 0.615. The highest BCUT2D eigenvalue weighted by Gasteiger charge is 2.34. The molecule has 1 aliphatic rings. The predicted octanol–water partition coefficient (Wildman–Crippen LogP) is 1.86. The van der Waals surface area contributed by atoms with Crippen molar-refractivity contribution in [2.24, 2.45) is 5.92 Å². The lowest BCUT2D eigenvalue weighted by atomic mass is 9.83. The van der Waals surface area contributed by atoms with E-state index in [9.17, 15) is 17.9 Å². The Hall–Kier alpha value is -1.01. The molecule has 0 spiro atoms. The van der Waals surface area contributed by atoms with E-state index in [0.29, 0.717) is 19.3 Å². The average molecular weight is 287 g/mol. The van der Waals surface area contributed by atoms with E-state index in [1.807, 2.05) is 0 Å². The van der Waals surface area contributed by atoms with Gasteiger partial charge in [-0.2, -0.15) is 0 Å². The molecule has 0 radical (unpaired) electrons. The van der Waals surface area contributed by atoms with Crippen molar-refractivity contribution in [3.05, 3.63) is 29.8 Å². The highest BCUT2D eigenvalue weighted by Crippen LogP contribution is 2.36. The largest absolute Gasteiger partial charge is 0.386 e. The third kappa shape index (κ3) is 3.30. The Labute approximate surface area is 112 Å². The zero-order chi connectivity index (χ0) is 14.0. The van der Waals surface area contributed by atoms with Crippen LogP contribution < -0.4 is 0 Å². The summed E-state index contributed by atoms with van der Waals surface area (Å²) in [6.07, 6.45) is 4.03. The third-order valence-corrected chi connectivity index (χ3v) is 5.42. The Balaban J connectivity index is 2.16. The van der Waals surface area contributed by atoms with Crippen molar-refractivity contribution in [2.45, 2.75) is 37.0 Å². The van der Waals surface area contributed by atoms with Crippen molar-refractivity contribution in [1.29, 1.82) is 0 Å². The van der Waals surface area contributed by atoms with Crippen LogP contribution in [-0.2, 0) is 9.84 Å². The zero-order valence-electron chi connectivity index (χ0n) is 10.8. The van der Waals surface area contributed by atoms with E-state index < -0.39 is 27.0 Å². The van der Waals surface area contributed by atoms with Gasteiger partial charge in [0.1, 0.15) is 27.5 Å². The second-order valence-electron chi connectivity index (χ2n) is 5.19. The minimum Gasteiger partial charge on any atom is -0.386 e. The normalized spacial score (nSPS) is 26.1. The van der Waals surface area contributed by atoms with Crippen LogP contribution in [0.3, 0.4) is 0 Å². The Kier molecular flexibility index (Phi) is 4.20. The van der Waals surface area contributed by atoms with Gasteiger partial charge >= 0.3 is 0 Å². The molecule has 1 aromatic heterocycles. The first kappa shape index (κ1) is 14.4. The van der Waals surface area contributed by atoms with E-state index in [0.717, 1.165) is 6.42 Å². The van der Waals surface area contributed by atoms with Crippen LogP contribution in [0.5, 0.6) is 0 Å². The topological polar surface area (TPSA) is 67.3 Å². The van der Waals surface area contributed by atoms with Crippen LogP contribution in [0.15, 0.2) is 18.3 Å². The molecule has 1 fully saturated rings. The lowest BCUT2D eigenvalue weighted by molar-refractivity contribution is 0.0785. The van der Waals surface area contributed by atoms with Crippen LogP contribution >= 0.6 is 0 Å². The Morgan fingerprint density at radius 2 is 2.21 bits per heavy atom. The molecule has 0 aromatic carbocycles. The number of aliphatic hydroxyl groups excluding tert-OH is 1. The summed E-state index contributed by atoms with van der Waals surface area (Å²) < 4.78 is 36.8. The van der Waals surface area contributed by atoms with E-state index >= 15 is 0 Å². The van der Waals surface area contributed by atoms with Gasteiger partial charge in [0.2, 0.25) is 0 Å². The van der Waals surface area contributed by atoms with Gasteiger partial charge in [-0.05, 0) is 37.3 Å². The van der Waals surface area contributed by atoms with Gasteiger partial charge in [-0.1, -0.05) is 6.42 Å². The molecule has 2 rings (SSSR count). The quantitative estimate of drug-likeness (QED) is 0.921. The lowest BCUT2D eigenvalue weighted by Crippen LogP contribution is -2.30. The van der Waals surface area contributed by atoms with Crippen molar-refractivity contribution < 1.29 is 17.9 Å². The van der Waals surface area contributed by atoms with Crippen molar-refractivity contribution >= 4 is 9.84 Å². The minimum atomic E-state index is -3.11. The van der Waals surface area contributed by atoms with E-state index in [4.69, 9.17) is 0 Å².